The van der Waals surface area contributed by atoms with Crippen LogP contribution >= 0.6 is 0 Å². The van der Waals surface area contributed by atoms with E-state index in [9.17, 15) is 4.79 Å². The van der Waals surface area contributed by atoms with Gasteiger partial charge in [-0.05, 0) is 13.8 Å². The van der Waals surface area contributed by atoms with Gasteiger partial charge in [-0.25, -0.2) is 0 Å². The molecule has 1 aliphatic rings. The lowest BCUT2D eigenvalue weighted by molar-refractivity contribution is -0.0450. The van der Waals surface area contributed by atoms with E-state index in [-0.39, 0.29) is 17.8 Å². The monoisotopic (exact) mass is 239 g/mol. The van der Waals surface area contributed by atoms with Crippen molar-refractivity contribution < 1.29 is 14.1 Å². The number of aromatic nitrogens is 2. The number of Topliss-reactive ketones (excluding diaryl/α,β-unsaturated/α-hetero) is 1. The van der Waals surface area contributed by atoms with Crippen molar-refractivity contribution in [2.24, 2.45) is 0 Å². The fourth-order valence-electron chi connectivity index (χ4n) is 1.80. The average Bonchev–Trinajstić information content (AvgIpc) is 2.78. The van der Waals surface area contributed by atoms with Crippen molar-refractivity contribution in [2.45, 2.75) is 32.9 Å². The fraction of sp³-hybridized carbons (Fsp3) is 0.727. The third-order valence-electron chi connectivity index (χ3n) is 2.86. The van der Waals surface area contributed by atoms with Gasteiger partial charge in [0.2, 0.25) is 11.6 Å². The van der Waals surface area contributed by atoms with Gasteiger partial charge in [0.1, 0.15) is 6.10 Å². The molecule has 1 aromatic heterocycles. The molecule has 0 amide bonds. The summed E-state index contributed by atoms with van der Waals surface area (Å²) < 4.78 is 10.5. The molecule has 1 unspecified atom stereocenters. The maximum atomic E-state index is 11.1. The summed E-state index contributed by atoms with van der Waals surface area (Å²) in [5.41, 5.74) is 0. The van der Waals surface area contributed by atoms with Crippen LogP contribution in [0.2, 0.25) is 0 Å². The zero-order chi connectivity index (χ0) is 12.4. The predicted octanol–water partition coefficient (Wildman–Crippen LogP) is 1.05. The molecule has 1 aromatic rings. The van der Waals surface area contributed by atoms with Crippen LogP contribution in [-0.4, -0.2) is 46.6 Å². The molecular formula is C11H17N3O3. The summed E-state index contributed by atoms with van der Waals surface area (Å²) in [6, 6.07) is 0.459. The van der Waals surface area contributed by atoms with Gasteiger partial charge in [-0.3, -0.25) is 9.69 Å². The highest BCUT2D eigenvalue weighted by Gasteiger charge is 2.27. The molecule has 0 N–H and O–H groups in total. The van der Waals surface area contributed by atoms with Crippen LogP contribution in [0.1, 0.15) is 43.4 Å². The maximum absolute atomic E-state index is 11.1. The van der Waals surface area contributed by atoms with Gasteiger partial charge in [0, 0.05) is 26.1 Å². The van der Waals surface area contributed by atoms with Crippen molar-refractivity contribution in [3.8, 4) is 0 Å². The van der Waals surface area contributed by atoms with E-state index in [1.807, 2.05) is 0 Å². The molecule has 1 aliphatic heterocycles. The predicted molar refractivity (Wildman–Crippen MR) is 59.7 cm³/mol. The van der Waals surface area contributed by atoms with Crippen LogP contribution in [-0.2, 0) is 4.74 Å². The molecule has 17 heavy (non-hydrogen) atoms. The summed E-state index contributed by atoms with van der Waals surface area (Å²) in [5, 5.41) is 3.80. The van der Waals surface area contributed by atoms with Gasteiger partial charge in [-0.15, -0.1) is 0 Å². The summed E-state index contributed by atoms with van der Waals surface area (Å²) >= 11 is 0. The highest BCUT2D eigenvalue weighted by molar-refractivity contribution is 5.89. The topological polar surface area (TPSA) is 68.5 Å². The van der Waals surface area contributed by atoms with Crippen LogP contribution in [0.25, 0.3) is 0 Å². The third kappa shape index (κ3) is 2.70. The number of rotatable bonds is 3. The second kappa shape index (κ2) is 4.93. The zero-order valence-electron chi connectivity index (χ0n) is 10.3. The van der Waals surface area contributed by atoms with Crippen molar-refractivity contribution in [3.05, 3.63) is 11.7 Å². The van der Waals surface area contributed by atoms with E-state index >= 15 is 0 Å². The summed E-state index contributed by atoms with van der Waals surface area (Å²) in [6.07, 6.45) is -0.206. The molecule has 0 radical (unpaired) electrons. The maximum Gasteiger partial charge on any atom is 0.293 e. The Labute approximate surface area is 99.9 Å². The summed E-state index contributed by atoms with van der Waals surface area (Å²) in [4.78, 5) is 17.4. The first kappa shape index (κ1) is 12.2. The summed E-state index contributed by atoms with van der Waals surface area (Å²) in [6.45, 7) is 7.96. The normalized spacial score (nSPS) is 22.0. The number of hydrogen-bond donors (Lipinski definition) is 0. The molecular weight excluding hydrogens is 222 g/mol. The Morgan fingerprint density at radius 2 is 2.29 bits per heavy atom. The molecule has 94 valence electrons. The smallest absolute Gasteiger partial charge is 0.293 e. The van der Waals surface area contributed by atoms with Crippen molar-refractivity contribution in [1.29, 1.82) is 0 Å². The van der Waals surface area contributed by atoms with Crippen LogP contribution in [0.4, 0.5) is 0 Å². The zero-order valence-corrected chi connectivity index (χ0v) is 10.3. The van der Waals surface area contributed by atoms with Crippen LogP contribution in [0.3, 0.4) is 0 Å². The van der Waals surface area contributed by atoms with E-state index in [0.717, 1.165) is 13.1 Å². The first-order chi connectivity index (χ1) is 8.08. The Kier molecular flexibility index (Phi) is 3.54. The molecule has 1 saturated heterocycles. The molecule has 0 aromatic carbocycles. The van der Waals surface area contributed by atoms with Crippen LogP contribution < -0.4 is 0 Å². The quantitative estimate of drug-likeness (QED) is 0.734. The lowest BCUT2D eigenvalue weighted by Gasteiger charge is -2.34. The minimum absolute atomic E-state index is 0.0465. The Morgan fingerprint density at radius 1 is 1.53 bits per heavy atom. The van der Waals surface area contributed by atoms with Crippen molar-refractivity contribution >= 4 is 5.78 Å². The lowest BCUT2D eigenvalue weighted by Crippen LogP contribution is -2.42. The molecule has 1 atom stereocenters. The van der Waals surface area contributed by atoms with Gasteiger partial charge < -0.3 is 9.26 Å². The van der Waals surface area contributed by atoms with Crippen LogP contribution in [0.15, 0.2) is 4.52 Å². The van der Waals surface area contributed by atoms with Gasteiger partial charge in [0.15, 0.2) is 0 Å². The number of carbonyl (C=O) groups is 1. The molecule has 0 saturated carbocycles. The first-order valence-electron chi connectivity index (χ1n) is 5.78. The van der Waals surface area contributed by atoms with Crippen LogP contribution in [0.5, 0.6) is 0 Å². The summed E-state index contributed by atoms with van der Waals surface area (Å²) in [7, 11) is 0. The molecule has 0 bridgehead atoms. The minimum atomic E-state index is -0.222. The van der Waals surface area contributed by atoms with E-state index in [4.69, 9.17) is 9.26 Å². The largest absolute Gasteiger partial charge is 0.367 e. The molecule has 0 aliphatic carbocycles. The minimum Gasteiger partial charge on any atom is -0.367 e. The van der Waals surface area contributed by atoms with Gasteiger partial charge in [0.25, 0.3) is 5.89 Å². The average molecular weight is 239 g/mol. The lowest BCUT2D eigenvalue weighted by atomic mass is 10.2. The number of morpholine rings is 1. The Hall–Kier alpha value is -1.27. The third-order valence-corrected chi connectivity index (χ3v) is 2.86. The van der Waals surface area contributed by atoms with E-state index in [1.54, 1.807) is 0 Å². The second-order valence-corrected chi connectivity index (χ2v) is 4.46. The first-order valence-corrected chi connectivity index (χ1v) is 5.78. The van der Waals surface area contributed by atoms with Gasteiger partial charge in [0.05, 0.1) is 6.61 Å². The fourth-order valence-corrected chi connectivity index (χ4v) is 1.80. The van der Waals surface area contributed by atoms with E-state index in [0.29, 0.717) is 18.5 Å². The molecule has 6 nitrogen and oxygen atoms in total. The second-order valence-electron chi connectivity index (χ2n) is 4.46. The molecule has 1 fully saturated rings. The standard InChI is InChI=1S/C11H17N3O3/c1-7(2)14-4-5-16-9(6-14)10-12-11(8(3)15)17-13-10/h7,9H,4-6H2,1-3H3. The number of ketones is 1. The highest BCUT2D eigenvalue weighted by atomic mass is 16.5. The Morgan fingerprint density at radius 3 is 2.88 bits per heavy atom. The van der Waals surface area contributed by atoms with Crippen molar-refractivity contribution in [2.75, 3.05) is 19.7 Å². The molecule has 2 rings (SSSR count). The van der Waals surface area contributed by atoms with Gasteiger partial charge in [-0.2, -0.15) is 4.98 Å². The van der Waals surface area contributed by atoms with E-state index in [2.05, 4.69) is 28.9 Å². The number of nitrogens with zero attached hydrogens (tertiary/aromatic N) is 3. The number of carbonyl (C=O) groups excluding carboxylic acids is 1. The Bertz CT molecular complexity index is 402. The SMILES string of the molecule is CC(=O)c1nc(C2CN(C(C)C)CCO2)no1. The molecule has 0 spiro atoms. The van der Waals surface area contributed by atoms with Crippen molar-refractivity contribution in [1.82, 2.24) is 15.0 Å². The molecule has 2 heterocycles. The van der Waals surface area contributed by atoms with Gasteiger partial charge >= 0.3 is 0 Å². The Balaban J connectivity index is 2.08. The highest BCUT2D eigenvalue weighted by Crippen LogP contribution is 2.21. The van der Waals surface area contributed by atoms with Crippen LogP contribution in [0, 0.1) is 0 Å². The van der Waals surface area contributed by atoms with Gasteiger partial charge in [-0.1, -0.05) is 5.16 Å². The number of hydrogen-bond acceptors (Lipinski definition) is 6. The summed E-state index contributed by atoms with van der Waals surface area (Å²) in [5.74, 6) is 0.283. The van der Waals surface area contributed by atoms with E-state index in [1.165, 1.54) is 6.92 Å². The van der Waals surface area contributed by atoms with E-state index < -0.39 is 0 Å². The molecule has 6 heteroatoms. The number of ether oxygens (including phenoxy) is 1. The van der Waals surface area contributed by atoms with Crippen molar-refractivity contribution in [3.63, 3.8) is 0 Å².